The summed E-state index contributed by atoms with van der Waals surface area (Å²) in [5.74, 6) is 0.449. The molecule has 21 heavy (non-hydrogen) atoms. The van der Waals surface area contributed by atoms with Crippen LogP contribution in [0.5, 0.6) is 5.75 Å². The second-order valence-corrected chi connectivity index (χ2v) is 5.24. The normalized spacial score (nSPS) is 10.0. The summed E-state index contributed by atoms with van der Waals surface area (Å²) in [5, 5.41) is 4.84. The molecule has 0 aliphatic rings. The summed E-state index contributed by atoms with van der Waals surface area (Å²) in [6, 6.07) is 4.83. The highest BCUT2D eigenvalue weighted by Crippen LogP contribution is 2.29. The molecule has 1 aromatic rings. The SMILES string of the molecule is CCCNC(=O)NC(=O)CSc1cc(OCC)ccc1N. The first-order valence-corrected chi connectivity index (χ1v) is 7.78. The van der Waals surface area contributed by atoms with Crippen LogP contribution in [0.15, 0.2) is 23.1 Å². The second kappa shape index (κ2) is 9.12. The minimum absolute atomic E-state index is 0.110. The maximum atomic E-state index is 11.6. The lowest BCUT2D eigenvalue weighted by atomic mass is 10.3. The number of nitrogen functional groups attached to an aromatic ring is 1. The molecule has 4 N–H and O–H groups in total. The number of anilines is 1. The summed E-state index contributed by atoms with van der Waals surface area (Å²) in [5.41, 5.74) is 6.43. The van der Waals surface area contributed by atoms with Crippen molar-refractivity contribution >= 4 is 29.4 Å². The van der Waals surface area contributed by atoms with Crippen LogP contribution in [0.3, 0.4) is 0 Å². The Morgan fingerprint density at radius 1 is 1.33 bits per heavy atom. The Morgan fingerprint density at radius 3 is 2.76 bits per heavy atom. The fourth-order valence-electron chi connectivity index (χ4n) is 1.48. The van der Waals surface area contributed by atoms with Gasteiger partial charge in [0.15, 0.2) is 0 Å². The van der Waals surface area contributed by atoms with Gasteiger partial charge in [0.2, 0.25) is 5.91 Å². The number of hydrogen-bond acceptors (Lipinski definition) is 5. The number of thioether (sulfide) groups is 1. The number of hydrogen-bond donors (Lipinski definition) is 3. The van der Waals surface area contributed by atoms with Crippen LogP contribution in [0, 0.1) is 0 Å². The molecule has 0 spiro atoms. The molecule has 1 rings (SSSR count). The molecule has 7 heteroatoms. The molecule has 116 valence electrons. The molecule has 0 atom stereocenters. The van der Waals surface area contributed by atoms with Gasteiger partial charge in [-0.3, -0.25) is 10.1 Å². The maximum absolute atomic E-state index is 11.6. The second-order valence-electron chi connectivity index (χ2n) is 4.23. The zero-order valence-corrected chi connectivity index (χ0v) is 13.1. The number of nitrogens with one attached hydrogen (secondary N) is 2. The Hall–Kier alpha value is -1.89. The Morgan fingerprint density at radius 2 is 2.10 bits per heavy atom. The van der Waals surface area contributed by atoms with E-state index in [1.54, 1.807) is 18.2 Å². The van der Waals surface area contributed by atoms with Gasteiger partial charge in [-0.2, -0.15) is 0 Å². The number of imide groups is 1. The topological polar surface area (TPSA) is 93.5 Å². The third kappa shape index (κ3) is 6.40. The van der Waals surface area contributed by atoms with Crippen molar-refractivity contribution in [3.8, 4) is 5.75 Å². The zero-order valence-electron chi connectivity index (χ0n) is 12.3. The van der Waals surface area contributed by atoms with Gasteiger partial charge in [0.05, 0.1) is 12.4 Å². The molecule has 0 aromatic heterocycles. The van der Waals surface area contributed by atoms with Crippen molar-refractivity contribution in [2.75, 3.05) is 24.6 Å². The summed E-state index contributed by atoms with van der Waals surface area (Å²) >= 11 is 1.26. The van der Waals surface area contributed by atoms with Gasteiger partial charge in [-0.05, 0) is 31.5 Å². The molecule has 6 nitrogen and oxygen atoms in total. The van der Waals surface area contributed by atoms with Crippen LogP contribution >= 0.6 is 11.8 Å². The molecule has 0 saturated carbocycles. The highest BCUT2D eigenvalue weighted by Gasteiger charge is 2.09. The van der Waals surface area contributed by atoms with E-state index in [0.29, 0.717) is 24.6 Å². The number of amides is 3. The van der Waals surface area contributed by atoms with Crippen LogP contribution in [0.4, 0.5) is 10.5 Å². The first kappa shape index (κ1) is 17.2. The first-order valence-electron chi connectivity index (χ1n) is 6.79. The molecule has 0 heterocycles. The van der Waals surface area contributed by atoms with Gasteiger partial charge in [-0.1, -0.05) is 6.92 Å². The molecule has 0 bridgehead atoms. The fourth-order valence-corrected chi connectivity index (χ4v) is 2.28. The largest absolute Gasteiger partial charge is 0.494 e. The Kier molecular flexibility index (Phi) is 7.45. The van der Waals surface area contributed by atoms with E-state index in [1.807, 2.05) is 13.8 Å². The Balaban J connectivity index is 2.48. The molecule has 0 unspecified atom stereocenters. The van der Waals surface area contributed by atoms with Gasteiger partial charge in [0.1, 0.15) is 5.75 Å². The van der Waals surface area contributed by atoms with Gasteiger partial charge in [0.25, 0.3) is 0 Å². The van der Waals surface area contributed by atoms with E-state index in [1.165, 1.54) is 11.8 Å². The first-order chi connectivity index (χ1) is 10.1. The Labute approximate surface area is 128 Å². The fraction of sp³-hybridized carbons (Fsp3) is 0.429. The number of carbonyl (C=O) groups is 2. The van der Waals surface area contributed by atoms with Gasteiger partial charge in [0, 0.05) is 17.1 Å². The average Bonchev–Trinajstić information content (AvgIpc) is 2.46. The van der Waals surface area contributed by atoms with Gasteiger partial charge in [-0.15, -0.1) is 11.8 Å². The zero-order chi connectivity index (χ0) is 15.7. The van der Waals surface area contributed by atoms with E-state index in [2.05, 4.69) is 10.6 Å². The Bertz CT molecular complexity index is 494. The molecule has 3 amide bonds. The van der Waals surface area contributed by atoms with Gasteiger partial charge in [-0.25, -0.2) is 4.79 Å². The molecule has 0 aliphatic carbocycles. The molecule has 0 aliphatic heterocycles. The van der Waals surface area contributed by atoms with Crippen molar-refractivity contribution in [2.24, 2.45) is 0 Å². The minimum atomic E-state index is -0.474. The quantitative estimate of drug-likeness (QED) is 0.529. The number of benzene rings is 1. The van der Waals surface area contributed by atoms with Crippen LogP contribution in [0.2, 0.25) is 0 Å². The predicted octanol–water partition coefficient (Wildman–Crippen LogP) is 2.00. The molecule has 0 radical (unpaired) electrons. The number of carbonyl (C=O) groups excluding carboxylic acids is 2. The summed E-state index contributed by atoms with van der Waals surface area (Å²) < 4.78 is 5.38. The van der Waals surface area contributed by atoms with Crippen LogP contribution in [-0.4, -0.2) is 30.8 Å². The van der Waals surface area contributed by atoms with Crippen LogP contribution in [-0.2, 0) is 4.79 Å². The third-order valence-corrected chi connectivity index (χ3v) is 3.51. The van der Waals surface area contributed by atoms with Gasteiger partial charge >= 0.3 is 6.03 Å². The highest BCUT2D eigenvalue weighted by molar-refractivity contribution is 8.00. The van der Waals surface area contributed by atoms with Crippen molar-refractivity contribution < 1.29 is 14.3 Å². The summed E-state index contributed by atoms with van der Waals surface area (Å²) in [6.07, 6.45) is 0.817. The summed E-state index contributed by atoms with van der Waals surface area (Å²) in [7, 11) is 0. The van der Waals surface area contributed by atoms with Crippen molar-refractivity contribution in [3.05, 3.63) is 18.2 Å². The van der Waals surface area contributed by atoms with E-state index in [-0.39, 0.29) is 11.7 Å². The van der Waals surface area contributed by atoms with Crippen LogP contribution < -0.4 is 21.1 Å². The van der Waals surface area contributed by atoms with Crippen molar-refractivity contribution in [1.82, 2.24) is 10.6 Å². The molecule has 0 saturated heterocycles. The standard InChI is InChI=1S/C14H21N3O3S/c1-3-7-16-14(19)17-13(18)9-21-12-8-10(20-4-2)5-6-11(12)15/h5-6,8H,3-4,7,9,15H2,1-2H3,(H2,16,17,18,19). The number of ether oxygens (including phenoxy) is 1. The van der Waals surface area contributed by atoms with E-state index < -0.39 is 6.03 Å². The van der Waals surface area contributed by atoms with Crippen LogP contribution in [0.25, 0.3) is 0 Å². The average molecular weight is 311 g/mol. The van der Waals surface area contributed by atoms with E-state index in [0.717, 1.165) is 11.3 Å². The van der Waals surface area contributed by atoms with Crippen molar-refractivity contribution in [2.45, 2.75) is 25.2 Å². The van der Waals surface area contributed by atoms with Crippen molar-refractivity contribution in [1.29, 1.82) is 0 Å². The lowest BCUT2D eigenvalue weighted by Gasteiger charge is -2.09. The van der Waals surface area contributed by atoms with E-state index in [9.17, 15) is 9.59 Å². The number of urea groups is 1. The molecular formula is C14H21N3O3S. The number of nitrogens with two attached hydrogens (primary N) is 1. The summed E-state index contributed by atoms with van der Waals surface area (Å²) in [6.45, 7) is 4.93. The lowest BCUT2D eigenvalue weighted by molar-refractivity contribution is -0.117. The third-order valence-electron chi connectivity index (χ3n) is 2.44. The van der Waals surface area contributed by atoms with E-state index in [4.69, 9.17) is 10.5 Å². The minimum Gasteiger partial charge on any atom is -0.494 e. The predicted molar refractivity (Wildman–Crippen MR) is 84.6 cm³/mol. The smallest absolute Gasteiger partial charge is 0.321 e. The number of rotatable bonds is 7. The molecular weight excluding hydrogens is 290 g/mol. The molecule has 0 fully saturated rings. The monoisotopic (exact) mass is 311 g/mol. The maximum Gasteiger partial charge on any atom is 0.321 e. The van der Waals surface area contributed by atoms with Crippen molar-refractivity contribution in [3.63, 3.8) is 0 Å². The lowest BCUT2D eigenvalue weighted by Crippen LogP contribution is -2.40. The highest BCUT2D eigenvalue weighted by atomic mass is 32.2. The molecule has 1 aromatic carbocycles. The van der Waals surface area contributed by atoms with Gasteiger partial charge < -0.3 is 15.8 Å². The van der Waals surface area contributed by atoms with Crippen LogP contribution in [0.1, 0.15) is 20.3 Å². The summed E-state index contributed by atoms with van der Waals surface area (Å²) in [4.78, 5) is 23.7. The van der Waals surface area contributed by atoms with E-state index >= 15 is 0 Å².